The first-order valence-corrected chi connectivity index (χ1v) is 10.8. The Morgan fingerprint density at radius 3 is 2.45 bits per heavy atom. The summed E-state index contributed by atoms with van der Waals surface area (Å²) in [6.45, 7) is 4.50. The van der Waals surface area contributed by atoms with E-state index < -0.39 is 0 Å². The molecule has 3 heterocycles. The van der Waals surface area contributed by atoms with Gasteiger partial charge in [0, 0.05) is 0 Å². The van der Waals surface area contributed by atoms with Crippen molar-refractivity contribution in [1.82, 2.24) is 25.5 Å². The number of allylic oxidation sites excluding steroid dienone is 1. The summed E-state index contributed by atoms with van der Waals surface area (Å²) in [6, 6.07) is 20.0. The predicted molar refractivity (Wildman–Crippen MR) is 124 cm³/mol. The Morgan fingerprint density at radius 1 is 1.03 bits per heavy atom. The number of furan rings is 1. The lowest BCUT2D eigenvalue weighted by molar-refractivity contribution is -0.119. The number of nitrogens with one attached hydrogen (secondary N) is 1. The quantitative estimate of drug-likeness (QED) is 0.492. The lowest BCUT2D eigenvalue weighted by Crippen LogP contribution is -2.39. The van der Waals surface area contributed by atoms with Crippen LogP contribution in [0.15, 0.2) is 77.4 Å². The molecule has 33 heavy (non-hydrogen) atoms. The maximum atomic E-state index is 12.9. The molecule has 166 valence electrons. The molecule has 0 saturated heterocycles. The van der Waals surface area contributed by atoms with E-state index in [9.17, 15) is 4.79 Å². The van der Waals surface area contributed by atoms with E-state index in [4.69, 9.17) is 4.42 Å². The Hall–Kier alpha value is -4.20. The molecule has 0 fully saturated rings. The van der Waals surface area contributed by atoms with Crippen molar-refractivity contribution in [2.24, 2.45) is 0 Å². The van der Waals surface area contributed by atoms with E-state index in [1.807, 2.05) is 11.0 Å². The Morgan fingerprint density at radius 2 is 1.76 bits per heavy atom. The zero-order chi connectivity index (χ0) is 22.8. The fourth-order valence-electron chi connectivity index (χ4n) is 3.90. The van der Waals surface area contributed by atoms with E-state index in [1.165, 1.54) is 5.56 Å². The second-order valence-electron chi connectivity index (χ2n) is 8.14. The van der Waals surface area contributed by atoms with Crippen molar-refractivity contribution in [2.45, 2.75) is 26.4 Å². The third-order valence-electron chi connectivity index (χ3n) is 5.69. The van der Waals surface area contributed by atoms with Crippen molar-refractivity contribution in [1.29, 1.82) is 0 Å². The summed E-state index contributed by atoms with van der Waals surface area (Å²) in [6.07, 6.45) is 3.70. The first-order chi connectivity index (χ1) is 16.1. The fourth-order valence-corrected chi connectivity index (χ4v) is 3.90. The van der Waals surface area contributed by atoms with E-state index in [-0.39, 0.29) is 18.5 Å². The normalized spacial score (nSPS) is 15.2. The van der Waals surface area contributed by atoms with Crippen LogP contribution in [0.25, 0.3) is 5.70 Å². The minimum Gasteiger partial charge on any atom is -0.467 e. The van der Waals surface area contributed by atoms with E-state index in [0.717, 1.165) is 22.4 Å². The second-order valence-corrected chi connectivity index (χ2v) is 8.14. The first-order valence-electron chi connectivity index (χ1n) is 10.8. The molecule has 0 unspecified atom stereocenters. The largest absolute Gasteiger partial charge is 0.467 e. The Balaban J connectivity index is 1.50. The average molecular weight is 441 g/mol. The van der Waals surface area contributed by atoms with Gasteiger partial charge in [-0.3, -0.25) is 9.69 Å². The number of fused-ring (bicyclic) bond motifs is 1. The molecule has 0 bridgehead atoms. The summed E-state index contributed by atoms with van der Waals surface area (Å²) in [5.74, 6) is 1.06. The molecule has 4 aromatic rings. The van der Waals surface area contributed by atoms with Crippen molar-refractivity contribution in [3.8, 4) is 0 Å². The zero-order valence-corrected chi connectivity index (χ0v) is 18.5. The first kappa shape index (κ1) is 20.7. The highest BCUT2D eigenvalue weighted by atomic mass is 16.3. The van der Waals surface area contributed by atoms with Gasteiger partial charge in [0.2, 0.25) is 5.91 Å². The van der Waals surface area contributed by atoms with Gasteiger partial charge in [-0.2, -0.15) is 4.68 Å². The molecule has 8 heteroatoms. The van der Waals surface area contributed by atoms with Crippen LogP contribution in [0.5, 0.6) is 0 Å². The van der Waals surface area contributed by atoms with Crippen LogP contribution in [0.2, 0.25) is 0 Å². The van der Waals surface area contributed by atoms with Crippen molar-refractivity contribution in [3.05, 3.63) is 101 Å². The number of aromatic nitrogens is 4. The molecule has 1 amide bonds. The maximum Gasteiger partial charge on any atom is 0.251 e. The molecule has 8 nitrogen and oxygen atoms in total. The maximum absolute atomic E-state index is 12.9. The van der Waals surface area contributed by atoms with Crippen molar-refractivity contribution < 1.29 is 9.21 Å². The molecule has 0 aliphatic carbocycles. The van der Waals surface area contributed by atoms with Gasteiger partial charge >= 0.3 is 0 Å². The van der Waals surface area contributed by atoms with Gasteiger partial charge in [-0.25, -0.2) is 0 Å². The van der Waals surface area contributed by atoms with Crippen molar-refractivity contribution in [3.63, 3.8) is 0 Å². The van der Waals surface area contributed by atoms with Crippen molar-refractivity contribution >= 4 is 17.6 Å². The van der Waals surface area contributed by atoms with Gasteiger partial charge in [0.1, 0.15) is 18.3 Å². The van der Waals surface area contributed by atoms with E-state index >= 15 is 0 Å². The molecular weight excluding hydrogens is 416 g/mol. The summed E-state index contributed by atoms with van der Waals surface area (Å²) in [5, 5.41) is 15.4. The summed E-state index contributed by atoms with van der Waals surface area (Å²) in [4.78, 5) is 14.7. The van der Waals surface area contributed by atoms with E-state index in [2.05, 4.69) is 89.3 Å². The Labute approximate surface area is 191 Å². The SMILES string of the molecule is Cc1ccc(C2=C[C@H](c3ccc(C)cc3)n3nnnc3N2CC(=O)NCc2ccco2)cc1. The van der Waals surface area contributed by atoms with Crippen LogP contribution in [0.3, 0.4) is 0 Å². The van der Waals surface area contributed by atoms with Gasteiger partial charge in [-0.05, 0) is 53.6 Å². The van der Waals surface area contributed by atoms with E-state index in [0.29, 0.717) is 18.3 Å². The standard InChI is InChI=1S/C25H24N6O2/c1-17-5-9-19(10-6-17)22-14-23(20-11-7-18(2)8-12-20)31-25(27-28-29-31)30(22)16-24(32)26-15-21-4-3-13-33-21/h3-14,23H,15-16H2,1-2H3,(H,26,32)/t23-/m1/s1. The number of tetrazole rings is 1. The molecule has 5 rings (SSSR count). The molecule has 2 aromatic heterocycles. The minimum absolute atomic E-state index is 0.0708. The van der Waals surface area contributed by atoms with Gasteiger partial charge in [0.05, 0.1) is 18.5 Å². The van der Waals surface area contributed by atoms with Crippen LogP contribution in [-0.2, 0) is 11.3 Å². The molecular formula is C25H24N6O2. The van der Waals surface area contributed by atoms with Gasteiger partial charge < -0.3 is 9.73 Å². The Kier molecular flexibility index (Phi) is 5.48. The number of amides is 1. The summed E-state index contributed by atoms with van der Waals surface area (Å²) < 4.78 is 7.07. The number of nitrogens with zero attached hydrogens (tertiary/aromatic N) is 5. The van der Waals surface area contributed by atoms with Crippen LogP contribution in [0.1, 0.15) is 34.1 Å². The molecule has 0 spiro atoms. The highest BCUT2D eigenvalue weighted by molar-refractivity contribution is 5.89. The second kappa shape index (κ2) is 8.74. The summed E-state index contributed by atoms with van der Waals surface area (Å²) >= 11 is 0. The summed E-state index contributed by atoms with van der Waals surface area (Å²) in [7, 11) is 0. The fraction of sp³-hybridized carbons (Fsp3) is 0.200. The van der Waals surface area contributed by atoms with Crippen LogP contribution in [0.4, 0.5) is 5.95 Å². The van der Waals surface area contributed by atoms with Crippen LogP contribution in [0, 0.1) is 13.8 Å². The van der Waals surface area contributed by atoms with E-state index in [1.54, 1.807) is 17.0 Å². The molecule has 1 atom stereocenters. The van der Waals surface area contributed by atoms with Crippen molar-refractivity contribution in [2.75, 3.05) is 11.4 Å². The molecule has 0 radical (unpaired) electrons. The van der Waals surface area contributed by atoms with Gasteiger partial charge in [0.25, 0.3) is 5.95 Å². The number of carbonyl (C=O) groups excluding carboxylic acids is 1. The lowest BCUT2D eigenvalue weighted by Gasteiger charge is -2.32. The third kappa shape index (κ3) is 4.27. The molecule has 1 aliphatic heterocycles. The summed E-state index contributed by atoms with van der Waals surface area (Å²) in [5.41, 5.74) is 5.30. The molecule has 2 aromatic carbocycles. The third-order valence-corrected chi connectivity index (χ3v) is 5.69. The highest BCUT2D eigenvalue weighted by Gasteiger charge is 2.31. The van der Waals surface area contributed by atoms with Crippen LogP contribution < -0.4 is 10.2 Å². The van der Waals surface area contributed by atoms with Crippen LogP contribution >= 0.6 is 0 Å². The molecule has 1 N–H and O–H groups in total. The number of hydrogen-bond donors (Lipinski definition) is 1. The number of rotatable bonds is 6. The van der Waals surface area contributed by atoms with Gasteiger partial charge in [-0.15, -0.1) is 0 Å². The van der Waals surface area contributed by atoms with Gasteiger partial charge in [-0.1, -0.05) is 64.8 Å². The van der Waals surface area contributed by atoms with Crippen LogP contribution in [-0.4, -0.2) is 32.7 Å². The van der Waals surface area contributed by atoms with Gasteiger partial charge in [0.15, 0.2) is 0 Å². The number of hydrogen-bond acceptors (Lipinski definition) is 6. The minimum atomic E-state index is -0.186. The number of carbonyl (C=O) groups is 1. The Bertz CT molecular complexity index is 1270. The zero-order valence-electron chi connectivity index (χ0n) is 18.5. The highest BCUT2D eigenvalue weighted by Crippen LogP contribution is 2.36. The average Bonchev–Trinajstić information content (AvgIpc) is 3.52. The molecule has 1 aliphatic rings. The number of aryl methyl sites for hydroxylation is 2. The number of anilines is 1. The smallest absolute Gasteiger partial charge is 0.251 e. The predicted octanol–water partition coefficient (Wildman–Crippen LogP) is 3.65. The number of benzene rings is 2. The lowest BCUT2D eigenvalue weighted by atomic mass is 9.99. The molecule has 0 saturated carbocycles. The topological polar surface area (TPSA) is 89.1 Å². The monoisotopic (exact) mass is 440 g/mol.